The van der Waals surface area contributed by atoms with Crippen LogP contribution in [0.1, 0.15) is 22.3 Å². The van der Waals surface area contributed by atoms with Crippen molar-refractivity contribution >= 4 is 21.9 Å². The number of carboxylic acids is 1. The fourth-order valence-electron chi connectivity index (χ4n) is 1.89. The number of alkyl halides is 1. The molecule has 0 saturated heterocycles. The topological polar surface area (TPSA) is 83.5 Å². The number of rotatable bonds is 6. The van der Waals surface area contributed by atoms with Crippen LogP contribution in [0.15, 0.2) is 48.5 Å². The predicted molar refractivity (Wildman–Crippen MR) is 95.5 cm³/mol. The first-order chi connectivity index (χ1) is 11.1. The van der Waals surface area contributed by atoms with Crippen molar-refractivity contribution < 1.29 is 15.0 Å². The van der Waals surface area contributed by atoms with Gasteiger partial charge in [-0.15, -0.1) is 0 Å². The van der Waals surface area contributed by atoms with Gasteiger partial charge in [0.05, 0.1) is 6.42 Å². The molecule has 4 nitrogen and oxygen atoms in total. The lowest BCUT2D eigenvalue weighted by Gasteiger charge is -1.99. The Bertz CT molecular complexity index is 582. The highest BCUT2D eigenvalue weighted by Gasteiger charge is 1.99. The number of carbonyl (C=O) groups is 1. The zero-order valence-electron chi connectivity index (χ0n) is 12.9. The standard InChI is InChI=1S/C9H9BrO2.C9H13NO/c10-6-8-3-1-7(2-4-8)5-9(11)12;10-7-9-3-1-8(2-4-9)5-6-11/h1-4H,5-6H2,(H,11,12);1-4,11H,5-7,10H2. The van der Waals surface area contributed by atoms with Crippen molar-refractivity contribution in [2.24, 2.45) is 5.73 Å². The summed E-state index contributed by atoms with van der Waals surface area (Å²) >= 11 is 3.32. The van der Waals surface area contributed by atoms with Crippen LogP contribution >= 0.6 is 15.9 Å². The lowest BCUT2D eigenvalue weighted by atomic mass is 10.1. The summed E-state index contributed by atoms with van der Waals surface area (Å²) in [4.78, 5) is 10.3. The molecule has 0 amide bonds. The van der Waals surface area contributed by atoms with Crippen LogP contribution in [0.2, 0.25) is 0 Å². The Balaban J connectivity index is 0.000000231. The minimum atomic E-state index is -0.790. The van der Waals surface area contributed by atoms with Gasteiger partial charge in [0.25, 0.3) is 0 Å². The average Bonchev–Trinajstić information content (AvgIpc) is 2.57. The van der Waals surface area contributed by atoms with Crippen LogP contribution < -0.4 is 5.73 Å². The fourth-order valence-corrected chi connectivity index (χ4v) is 2.27. The molecule has 2 rings (SSSR count). The van der Waals surface area contributed by atoms with Gasteiger partial charge in [-0.25, -0.2) is 0 Å². The summed E-state index contributed by atoms with van der Waals surface area (Å²) in [7, 11) is 0. The lowest BCUT2D eigenvalue weighted by Crippen LogP contribution is -1.99. The number of hydrogen-bond donors (Lipinski definition) is 3. The van der Waals surface area contributed by atoms with E-state index in [-0.39, 0.29) is 13.0 Å². The Labute approximate surface area is 145 Å². The summed E-state index contributed by atoms with van der Waals surface area (Å²) in [6.07, 6.45) is 0.827. The Morgan fingerprint density at radius 1 is 0.913 bits per heavy atom. The van der Waals surface area contributed by atoms with Gasteiger partial charge in [-0.3, -0.25) is 4.79 Å². The smallest absolute Gasteiger partial charge is 0.307 e. The molecule has 23 heavy (non-hydrogen) atoms. The number of carboxylic acid groups (broad SMARTS) is 1. The molecule has 0 bridgehead atoms. The first-order valence-corrected chi connectivity index (χ1v) is 8.45. The molecule has 0 aliphatic carbocycles. The molecular weight excluding hydrogens is 358 g/mol. The van der Waals surface area contributed by atoms with E-state index in [0.717, 1.165) is 34.0 Å². The number of hydrogen-bond acceptors (Lipinski definition) is 3. The van der Waals surface area contributed by atoms with Gasteiger partial charge in [-0.05, 0) is 28.7 Å². The van der Waals surface area contributed by atoms with Gasteiger partial charge in [0.15, 0.2) is 0 Å². The first-order valence-electron chi connectivity index (χ1n) is 7.33. The second-order valence-corrected chi connectivity index (χ2v) is 5.58. The van der Waals surface area contributed by atoms with Crippen LogP contribution in [-0.2, 0) is 29.5 Å². The van der Waals surface area contributed by atoms with Gasteiger partial charge in [-0.1, -0.05) is 64.5 Å². The highest BCUT2D eigenvalue weighted by atomic mass is 79.9. The third kappa shape index (κ3) is 7.93. The average molecular weight is 380 g/mol. The Morgan fingerprint density at radius 3 is 1.83 bits per heavy atom. The lowest BCUT2D eigenvalue weighted by molar-refractivity contribution is -0.136. The number of nitrogens with two attached hydrogens (primary N) is 1. The van der Waals surface area contributed by atoms with Crippen molar-refractivity contribution in [3.05, 3.63) is 70.8 Å². The van der Waals surface area contributed by atoms with Gasteiger partial charge < -0.3 is 15.9 Å². The van der Waals surface area contributed by atoms with E-state index in [9.17, 15) is 4.79 Å². The largest absolute Gasteiger partial charge is 0.481 e. The van der Waals surface area contributed by atoms with Crippen molar-refractivity contribution in [2.45, 2.75) is 24.7 Å². The summed E-state index contributed by atoms with van der Waals surface area (Å²) in [5, 5.41) is 17.9. The molecule has 0 spiro atoms. The number of aliphatic carboxylic acids is 1. The number of aliphatic hydroxyl groups is 1. The molecule has 5 heteroatoms. The van der Waals surface area contributed by atoms with Crippen molar-refractivity contribution in [1.29, 1.82) is 0 Å². The van der Waals surface area contributed by atoms with Crippen molar-refractivity contribution in [1.82, 2.24) is 0 Å². The molecule has 0 saturated carbocycles. The van der Waals surface area contributed by atoms with E-state index in [1.54, 1.807) is 0 Å². The van der Waals surface area contributed by atoms with E-state index >= 15 is 0 Å². The second kappa shape index (κ2) is 10.9. The Hall–Kier alpha value is -1.69. The maximum absolute atomic E-state index is 10.3. The van der Waals surface area contributed by atoms with Gasteiger partial charge in [0.1, 0.15) is 0 Å². The molecule has 0 radical (unpaired) electrons. The third-order valence-electron chi connectivity index (χ3n) is 3.19. The predicted octanol–water partition coefficient (Wildman–Crippen LogP) is 2.89. The number of aliphatic hydroxyl groups excluding tert-OH is 1. The molecule has 4 N–H and O–H groups in total. The summed E-state index contributed by atoms with van der Waals surface area (Å²) in [6, 6.07) is 15.5. The normalized spacial score (nSPS) is 9.87. The zero-order chi connectivity index (χ0) is 17.1. The van der Waals surface area contributed by atoms with E-state index in [0.29, 0.717) is 6.54 Å². The van der Waals surface area contributed by atoms with Crippen LogP contribution in [0.25, 0.3) is 0 Å². The van der Waals surface area contributed by atoms with Crippen LogP contribution in [0.4, 0.5) is 0 Å². The van der Waals surface area contributed by atoms with E-state index < -0.39 is 5.97 Å². The molecule has 0 atom stereocenters. The Morgan fingerprint density at radius 2 is 1.39 bits per heavy atom. The van der Waals surface area contributed by atoms with Gasteiger partial charge in [0, 0.05) is 18.5 Å². The maximum Gasteiger partial charge on any atom is 0.307 e. The van der Waals surface area contributed by atoms with E-state index in [1.165, 1.54) is 0 Å². The van der Waals surface area contributed by atoms with Crippen molar-refractivity contribution in [2.75, 3.05) is 6.61 Å². The van der Waals surface area contributed by atoms with Crippen LogP contribution in [0.5, 0.6) is 0 Å². The molecule has 0 heterocycles. The SMILES string of the molecule is NCc1ccc(CCO)cc1.O=C(O)Cc1ccc(CBr)cc1. The maximum atomic E-state index is 10.3. The van der Waals surface area contributed by atoms with E-state index in [1.807, 2.05) is 48.5 Å². The van der Waals surface area contributed by atoms with Crippen LogP contribution in [0, 0.1) is 0 Å². The fraction of sp³-hybridized carbons (Fsp3) is 0.278. The molecule has 0 fully saturated rings. The number of halogens is 1. The third-order valence-corrected chi connectivity index (χ3v) is 3.84. The van der Waals surface area contributed by atoms with Crippen molar-refractivity contribution in [3.63, 3.8) is 0 Å². The van der Waals surface area contributed by atoms with Gasteiger partial charge >= 0.3 is 5.97 Å². The monoisotopic (exact) mass is 379 g/mol. The van der Waals surface area contributed by atoms with Crippen LogP contribution in [0.3, 0.4) is 0 Å². The summed E-state index contributed by atoms with van der Waals surface area (Å²) in [5.41, 5.74) is 9.71. The van der Waals surface area contributed by atoms with Gasteiger partial charge in [0.2, 0.25) is 0 Å². The van der Waals surface area contributed by atoms with Gasteiger partial charge in [-0.2, -0.15) is 0 Å². The summed E-state index contributed by atoms with van der Waals surface area (Å²) < 4.78 is 0. The zero-order valence-corrected chi connectivity index (χ0v) is 14.5. The molecule has 124 valence electrons. The van der Waals surface area contributed by atoms with Crippen LogP contribution in [-0.4, -0.2) is 22.8 Å². The molecule has 2 aromatic carbocycles. The molecular formula is C18H22BrNO3. The second-order valence-electron chi connectivity index (χ2n) is 5.01. The molecule has 0 unspecified atom stereocenters. The van der Waals surface area contributed by atoms with E-state index in [2.05, 4.69) is 15.9 Å². The molecule has 2 aromatic rings. The highest BCUT2D eigenvalue weighted by molar-refractivity contribution is 9.08. The molecule has 0 aromatic heterocycles. The summed E-state index contributed by atoms with van der Waals surface area (Å²) in [5.74, 6) is -0.790. The molecule has 0 aliphatic rings. The number of benzene rings is 2. The Kier molecular flexibility index (Phi) is 9.21. The minimum absolute atomic E-state index is 0.0998. The molecule has 0 aliphatic heterocycles. The van der Waals surface area contributed by atoms with E-state index in [4.69, 9.17) is 15.9 Å². The quantitative estimate of drug-likeness (QED) is 0.673. The highest BCUT2D eigenvalue weighted by Crippen LogP contribution is 2.08. The minimum Gasteiger partial charge on any atom is -0.481 e. The van der Waals surface area contributed by atoms with Crippen molar-refractivity contribution in [3.8, 4) is 0 Å². The summed E-state index contributed by atoms with van der Waals surface area (Å²) in [6.45, 7) is 0.793. The first kappa shape index (κ1) is 19.4.